The van der Waals surface area contributed by atoms with Crippen molar-refractivity contribution in [3.05, 3.63) is 91.0 Å². The van der Waals surface area contributed by atoms with Gasteiger partial charge in [-0.3, -0.25) is 0 Å². The van der Waals surface area contributed by atoms with Crippen LogP contribution >= 0.6 is 0 Å². The number of phenols is 1. The van der Waals surface area contributed by atoms with E-state index in [1.807, 2.05) is 84.9 Å². The monoisotopic (exact) mass is 340 g/mol. The molecule has 4 aromatic carbocycles. The number of rotatable bonds is 4. The number of para-hydroxylation sites is 2. The van der Waals surface area contributed by atoms with E-state index in [1.165, 1.54) is 0 Å². The van der Waals surface area contributed by atoms with Gasteiger partial charge in [-0.15, -0.1) is 10.2 Å². The number of hydrogen-bond donors (Lipinski definition) is 1. The molecular weight excluding hydrogens is 324 g/mol. The molecule has 0 aliphatic rings. The molecule has 4 nitrogen and oxygen atoms in total. The van der Waals surface area contributed by atoms with Gasteiger partial charge in [-0.05, 0) is 35.7 Å². The lowest BCUT2D eigenvalue weighted by atomic mass is 10.1. The molecule has 26 heavy (non-hydrogen) atoms. The summed E-state index contributed by atoms with van der Waals surface area (Å²) in [7, 11) is 0. The van der Waals surface area contributed by atoms with Gasteiger partial charge in [0.1, 0.15) is 22.9 Å². The summed E-state index contributed by atoms with van der Waals surface area (Å²) in [5, 5.41) is 20.7. The van der Waals surface area contributed by atoms with Gasteiger partial charge in [-0.1, -0.05) is 60.7 Å². The number of nitrogens with zero attached hydrogens (tertiary/aromatic N) is 2. The molecule has 4 rings (SSSR count). The molecule has 0 aliphatic carbocycles. The first kappa shape index (κ1) is 15.8. The van der Waals surface area contributed by atoms with E-state index in [4.69, 9.17) is 4.74 Å². The Morgan fingerprint density at radius 2 is 1.38 bits per heavy atom. The Bertz CT molecular complexity index is 1080. The third kappa shape index (κ3) is 3.26. The summed E-state index contributed by atoms with van der Waals surface area (Å²) in [6, 6.07) is 28.2. The van der Waals surface area contributed by atoms with Crippen molar-refractivity contribution in [1.29, 1.82) is 0 Å². The molecule has 4 aromatic rings. The third-order valence-electron chi connectivity index (χ3n) is 3.97. The fraction of sp³-hybridized carbons (Fsp3) is 0. The van der Waals surface area contributed by atoms with Gasteiger partial charge in [0.2, 0.25) is 0 Å². The highest BCUT2D eigenvalue weighted by atomic mass is 16.5. The number of ether oxygens (including phenoxy) is 1. The van der Waals surface area contributed by atoms with Crippen molar-refractivity contribution in [3.63, 3.8) is 0 Å². The van der Waals surface area contributed by atoms with E-state index in [1.54, 1.807) is 6.07 Å². The lowest BCUT2D eigenvalue weighted by Crippen LogP contribution is -1.83. The van der Waals surface area contributed by atoms with Crippen LogP contribution in [0.4, 0.5) is 11.4 Å². The van der Waals surface area contributed by atoms with Gasteiger partial charge in [-0.25, -0.2) is 0 Å². The minimum Gasteiger partial charge on any atom is -0.506 e. The Kier molecular flexibility index (Phi) is 4.31. The van der Waals surface area contributed by atoms with E-state index in [9.17, 15) is 5.11 Å². The molecule has 0 radical (unpaired) electrons. The summed E-state index contributed by atoms with van der Waals surface area (Å²) in [5.41, 5.74) is 1.03. The lowest BCUT2D eigenvalue weighted by molar-refractivity contribution is 0.476. The molecule has 0 atom stereocenters. The average molecular weight is 340 g/mol. The Balaban J connectivity index is 1.71. The molecule has 126 valence electrons. The van der Waals surface area contributed by atoms with Crippen molar-refractivity contribution in [2.75, 3.05) is 0 Å². The second-order valence-electron chi connectivity index (χ2n) is 5.74. The van der Waals surface area contributed by atoms with Crippen LogP contribution in [-0.4, -0.2) is 5.11 Å². The van der Waals surface area contributed by atoms with Gasteiger partial charge in [0.05, 0.1) is 0 Å². The van der Waals surface area contributed by atoms with Crippen molar-refractivity contribution in [3.8, 4) is 17.2 Å². The average Bonchev–Trinajstić information content (AvgIpc) is 2.69. The quantitative estimate of drug-likeness (QED) is 0.418. The van der Waals surface area contributed by atoms with Gasteiger partial charge in [-0.2, -0.15) is 0 Å². The summed E-state index contributed by atoms with van der Waals surface area (Å²) in [5.74, 6) is 1.42. The maximum absolute atomic E-state index is 10.2. The zero-order valence-corrected chi connectivity index (χ0v) is 13.9. The number of phenolic OH excluding ortho intramolecular Hbond substituents is 1. The van der Waals surface area contributed by atoms with Crippen LogP contribution in [0.15, 0.2) is 101 Å². The largest absolute Gasteiger partial charge is 0.506 e. The first-order valence-corrected chi connectivity index (χ1v) is 8.26. The van der Waals surface area contributed by atoms with E-state index < -0.39 is 0 Å². The molecule has 0 aromatic heterocycles. The molecule has 0 spiro atoms. The van der Waals surface area contributed by atoms with Gasteiger partial charge in [0.25, 0.3) is 0 Å². The molecule has 0 saturated heterocycles. The van der Waals surface area contributed by atoms with E-state index >= 15 is 0 Å². The third-order valence-corrected chi connectivity index (χ3v) is 3.97. The van der Waals surface area contributed by atoms with Crippen LogP contribution in [0, 0.1) is 0 Å². The summed E-state index contributed by atoms with van der Waals surface area (Å²) < 4.78 is 5.90. The highest BCUT2D eigenvalue weighted by Crippen LogP contribution is 2.38. The normalized spacial score (nSPS) is 11.1. The van der Waals surface area contributed by atoms with E-state index in [0.717, 1.165) is 16.5 Å². The van der Waals surface area contributed by atoms with Crippen molar-refractivity contribution >= 4 is 22.1 Å². The van der Waals surface area contributed by atoms with Crippen LogP contribution in [0.1, 0.15) is 0 Å². The van der Waals surface area contributed by atoms with Gasteiger partial charge in [0, 0.05) is 5.39 Å². The summed E-state index contributed by atoms with van der Waals surface area (Å²) in [4.78, 5) is 0. The lowest BCUT2D eigenvalue weighted by Gasteiger charge is -2.08. The highest BCUT2D eigenvalue weighted by Gasteiger charge is 2.07. The highest BCUT2D eigenvalue weighted by molar-refractivity contribution is 5.95. The van der Waals surface area contributed by atoms with Crippen LogP contribution in [0.2, 0.25) is 0 Å². The predicted molar refractivity (Wildman–Crippen MR) is 103 cm³/mol. The van der Waals surface area contributed by atoms with E-state index in [-0.39, 0.29) is 5.75 Å². The zero-order valence-electron chi connectivity index (χ0n) is 13.9. The molecule has 0 heterocycles. The second-order valence-corrected chi connectivity index (χ2v) is 5.74. The molecule has 0 fully saturated rings. The first-order chi connectivity index (χ1) is 12.8. The summed E-state index contributed by atoms with van der Waals surface area (Å²) in [6.45, 7) is 0. The number of aromatic hydroxyl groups is 1. The minimum absolute atomic E-state index is 0.0916. The first-order valence-electron chi connectivity index (χ1n) is 8.26. The number of benzene rings is 4. The van der Waals surface area contributed by atoms with Crippen LogP contribution in [0.3, 0.4) is 0 Å². The Morgan fingerprint density at radius 1 is 0.654 bits per heavy atom. The van der Waals surface area contributed by atoms with Crippen molar-refractivity contribution in [2.24, 2.45) is 10.2 Å². The predicted octanol–water partition coefficient (Wildman–Crippen LogP) is 6.75. The Labute approximate surface area is 151 Å². The molecule has 4 heteroatoms. The maximum Gasteiger partial charge on any atom is 0.154 e. The molecule has 0 unspecified atom stereocenters. The van der Waals surface area contributed by atoms with Crippen LogP contribution in [0.25, 0.3) is 10.8 Å². The number of fused-ring (bicyclic) bond motifs is 1. The van der Waals surface area contributed by atoms with Gasteiger partial charge in [0.15, 0.2) is 5.75 Å². The topological polar surface area (TPSA) is 54.2 Å². The maximum atomic E-state index is 10.2. The SMILES string of the molecule is Oc1ccc2ccccc2c1N=Nc1ccccc1Oc1ccccc1. The number of azo groups is 1. The van der Waals surface area contributed by atoms with Crippen LogP contribution < -0.4 is 4.74 Å². The van der Waals surface area contributed by atoms with E-state index in [0.29, 0.717) is 17.1 Å². The molecular formula is C22H16N2O2. The molecule has 0 amide bonds. The second kappa shape index (κ2) is 7.07. The van der Waals surface area contributed by atoms with Crippen molar-refractivity contribution in [2.45, 2.75) is 0 Å². The van der Waals surface area contributed by atoms with Crippen LogP contribution in [0.5, 0.6) is 17.2 Å². The summed E-state index contributed by atoms with van der Waals surface area (Å²) >= 11 is 0. The summed E-state index contributed by atoms with van der Waals surface area (Å²) in [6.07, 6.45) is 0. The standard InChI is InChI=1S/C22H16N2O2/c25-20-15-14-16-8-4-5-11-18(16)22(20)24-23-19-12-6-7-13-21(19)26-17-9-2-1-3-10-17/h1-15,25H. The zero-order chi connectivity index (χ0) is 17.8. The molecule has 1 N–H and O–H groups in total. The van der Waals surface area contributed by atoms with E-state index in [2.05, 4.69) is 10.2 Å². The fourth-order valence-electron chi connectivity index (χ4n) is 2.69. The smallest absolute Gasteiger partial charge is 0.154 e. The van der Waals surface area contributed by atoms with Crippen molar-refractivity contribution in [1.82, 2.24) is 0 Å². The molecule has 0 saturated carbocycles. The van der Waals surface area contributed by atoms with Crippen molar-refractivity contribution < 1.29 is 9.84 Å². The van der Waals surface area contributed by atoms with Gasteiger partial charge >= 0.3 is 0 Å². The Hall–Kier alpha value is -3.66. The molecule has 0 aliphatic heterocycles. The van der Waals surface area contributed by atoms with Crippen LogP contribution in [-0.2, 0) is 0 Å². The Morgan fingerprint density at radius 3 is 2.27 bits per heavy atom. The van der Waals surface area contributed by atoms with Gasteiger partial charge < -0.3 is 9.84 Å². The molecule has 0 bridgehead atoms. The number of hydrogen-bond acceptors (Lipinski definition) is 4. The fourth-order valence-corrected chi connectivity index (χ4v) is 2.69. The minimum atomic E-state index is 0.0916.